The molecule has 6 nitrogen and oxygen atoms in total. The first-order valence-electron chi connectivity index (χ1n) is 7.16. The highest BCUT2D eigenvalue weighted by molar-refractivity contribution is 7.09. The molecule has 0 aliphatic carbocycles. The molecule has 0 radical (unpaired) electrons. The van der Waals surface area contributed by atoms with Crippen LogP contribution in [0.25, 0.3) is 6.08 Å². The minimum Gasteiger partial charge on any atom is -0.462 e. The van der Waals surface area contributed by atoms with Crippen molar-refractivity contribution in [3.8, 4) is 6.07 Å². The summed E-state index contributed by atoms with van der Waals surface area (Å²) in [6.45, 7) is 3.87. The van der Waals surface area contributed by atoms with Gasteiger partial charge in [0, 0.05) is 11.1 Å². The van der Waals surface area contributed by atoms with Crippen LogP contribution in [0.15, 0.2) is 35.2 Å². The van der Waals surface area contributed by atoms with E-state index in [9.17, 15) is 9.59 Å². The van der Waals surface area contributed by atoms with Gasteiger partial charge < -0.3 is 10.1 Å². The highest BCUT2D eigenvalue weighted by atomic mass is 32.1. The number of amides is 1. The molecule has 0 aliphatic heterocycles. The average Bonchev–Trinajstić information content (AvgIpc) is 2.98. The molecule has 0 fully saturated rings. The van der Waals surface area contributed by atoms with Gasteiger partial charge in [-0.25, -0.2) is 9.78 Å². The summed E-state index contributed by atoms with van der Waals surface area (Å²) in [7, 11) is 0. The molecule has 1 aromatic carbocycles. The number of hydrogen-bond acceptors (Lipinski definition) is 6. The number of ether oxygens (including phenoxy) is 1. The Hall–Kier alpha value is -2.98. The number of thiazole rings is 1. The molecule has 2 aromatic rings. The predicted molar refractivity (Wildman–Crippen MR) is 91.5 cm³/mol. The van der Waals surface area contributed by atoms with Crippen molar-refractivity contribution >= 4 is 35.0 Å². The number of benzene rings is 1. The average molecular weight is 341 g/mol. The smallest absolute Gasteiger partial charge is 0.338 e. The van der Waals surface area contributed by atoms with Crippen LogP contribution in [-0.2, 0) is 9.53 Å². The van der Waals surface area contributed by atoms with E-state index in [4.69, 9.17) is 10.00 Å². The molecule has 2 rings (SSSR count). The highest BCUT2D eigenvalue weighted by Crippen LogP contribution is 2.15. The van der Waals surface area contributed by atoms with Gasteiger partial charge in [-0.1, -0.05) is 0 Å². The summed E-state index contributed by atoms with van der Waals surface area (Å²) < 4.78 is 4.89. The zero-order valence-corrected chi connectivity index (χ0v) is 14.0. The van der Waals surface area contributed by atoms with Gasteiger partial charge in [0.15, 0.2) is 0 Å². The lowest BCUT2D eigenvalue weighted by molar-refractivity contribution is -0.112. The summed E-state index contributed by atoms with van der Waals surface area (Å²) in [5, 5.41) is 14.4. The first kappa shape index (κ1) is 17.4. The monoisotopic (exact) mass is 341 g/mol. The lowest BCUT2D eigenvalue weighted by Crippen LogP contribution is -2.13. The van der Waals surface area contributed by atoms with Gasteiger partial charge >= 0.3 is 5.97 Å². The number of esters is 1. The van der Waals surface area contributed by atoms with Gasteiger partial charge in [-0.3, -0.25) is 4.79 Å². The molecule has 24 heavy (non-hydrogen) atoms. The third kappa shape index (κ3) is 4.51. The molecule has 1 aromatic heterocycles. The number of hydrogen-bond donors (Lipinski definition) is 1. The van der Waals surface area contributed by atoms with E-state index in [-0.39, 0.29) is 5.57 Å². The molecule has 1 N–H and O–H groups in total. The Balaban J connectivity index is 2.09. The van der Waals surface area contributed by atoms with Gasteiger partial charge in [-0.2, -0.15) is 5.26 Å². The number of rotatable bonds is 5. The second-order valence-corrected chi connectivity index (χ2v) is 5.78. The van der Waals surface area contributed by atoms with Crippen molar-refractivity contribution in [3.05, 3.63) is 51.5 Å². The van der Waals surface area contributed by atoms with Crippen LogP contribution in [0.2, 0.25) is 0 Å². The molecule has 0 saturated heterocycles. The minimum absolute atomic E-state index is 0.0465. The maximum Gasteiger partial charge on any atom is 0.338 e. The fourth-order valence-electron chi connectivity index (χ4n) is 1.85. The van der Waals surface area contributed by atoms with Crippen molar-refractivity contribution in [1.82, 2.24) is 4.98 Å². The molecule has 122 valence electrons. The zero-order valence-electron chi connectivity index (χ0n) is 13.2. The van der Waals surface area contributed by atoms with E-state index >= 15 is 0 Å². The molecule has 0 saturated carbocycles. The summed E-state index contributed by atoms with van der Waals surface area (Å²) in [5.74, 6) is -0.959. The molecule has 0 atom stereocenters. The number of carbonyl (C=O) groups is 2. The molecular formula is C17H15N3O3S. The Morgan fingerprint density at radius 1 is 1.38 bits per heavy atom. The van der Waals surface area contributed by atoms with E-state index in [0.29, 0.717) is 23.6 Å². The van der Waals surface area contributed by atoms with Crippen LogP contribution in [0.3, 0.4) is 0 Å². The van der Waals surface area contributed by atoms with Gasteiger partial charge in [0.2, 0.25) is 0 Å². The molecule has 0 spiro atoms. The van der Waals surface area contributed by atoms with E-state index in [1.807, 2.05) is 13.0 Å². The summed E-state index contributed by atoms with van der Waals surface area (Å²) in [6.07, 6.45) is 1.44. The first-order valence-corrected chi connectivity index (χ1v) is 8.04. The molecule has 7 heteroatoms. The van der Waals surface area contributed by atoms with E-state index in [1.165, 1.54) is 17.4 Å². The topological polar surface area (TPSA) is 92.1 Å². The van der Waals surface area contributed by atoms with Crippen molar-refractivity contribution in [1.29, 1.82) is 5.26 Å². The number of nitriles is 1. The van der Waals surface area contributed by atoms with Crippen molar-refractivity contribution in [2.24, 2.45) is 0 Å². The second-order valence-electron chi connectivity index (χ2n) is 4.71. The molecule has 1 amide bonds. The lowest BCUT2D eigenvalue weighted by atomic mass is 10.2. The van der Waals surface area contributed by atoms with E-state index < -0.39 is 11.9 Å². The Kier molecular flexibility index (Phi) is 5.82. The van der Waals surface area contributed by atoms with Crippen LogP contribution < -0.4 is 5.32 Å². The van der Waals surface area contributed by atoms with Gasteiger partial charge in [0.25, 0.3) is 5.91 Å². The first-order chi connectivity index (χ1) is 11.5. The molecule has 0 aliphatic rings. The van der Waals surface area contributed by atoms with Crippen molar-refractivity contribution in [3.63, 3.8) is 0 Å². The number of aromatic nitrogens is 1. The second kappa shape index (κ2) is 8.04. The van der Waals surface area contributed by atoms with Crippen LogP contribution >= 0.6 is 11.3 Å². The molecule has 1 heterocycles. The number of carbonyl (C=O) groups excluding carboxylic acids is 2. The van der Waals surface area contributed by atoms with Gasteiger partial charge in [0.05, 0.1) is 22.9 Å². The predicted octanol–water partition coefficient (Wildman–Crippen LogP) is 3.17. The summed E-state index contributed by atoms with van der Waals surface area (Å²) >= 11 is 1.44. The Morgan fingerprint density at radius 2 is 2.08 bits per heavy atom. The van der Waals surface area contributed by atoms with E-state index in [2.05, 4.69) is 10.3 Å². The Morgan fingerprint density at radius 3 is 2.62 bits per heavy atom. The third-order valence-electron chi connectivity index (χ3n) is 2.95. The number of anilines is 1. The molecule has 0 bridgehead atoms. The maximum atomic E-state index is 12.2. The Bertz CT molecular complexity index is 816. The van der Waals surface area contributed by atoms with E-state index in [0.717, 1.165) is 5.01 Å². The number of nitrogens with zero attached hydrogens (tertiary/aromatic N) is 2. The standard InChI is InChI=1S/C17H15N3O3S/c1-3-23-17(22)12-4-6-14(7-5-12)20-16(21)13(9-18)8-15-10-24-11(2)19-15/h4-8,10H,3H2,1-2H3,(H,20,21)/b13-8+. The summed E-state index contributed by atoms with van der Waals surface area (Å²) in [6, 6.07) is 8.11. The van der Waals surface area contributed by atoms with E-state index in [1.54, 1.807) is 36.6 Å². The SMILES string of the molecule is CCOC(=O)c1ccc(NC(=O)/C(C#N)=C/c2csc(C)n2)cc1. The van der Waals surface area contributed by atoms with Crippen LogP contribution in [0.4, 0.5) is 5.69 Å². The maximum absolute atomic E-state index is 12.2. The summed E-state index contributed by atoms with van der Waals surface area (Å²) in [4.78, 5) is 27.9. The largest absolute Gasteiger partial charge is 0.462 e. The third-order valence-corrected chi connectivity index (χ3v) is 3.74. The van der Waals surface area contributed by atoms with Crippen molar-refractivity contribution in [2.75, 3.05) is 11.9 Å². The van der Waals surface area contributed by atoms with Gasteiger partial charge in [-0.15, -0.1) is 11.3 Å². The lowest BCUT2D eigenvalue weighted by Gasteiger charge is -2.05. The van der Waals surface area contributed by atoms with Crippen molar-refractivity contribution in [2.45, 2.75) is 13.8 Å². The number of nitrogens with one attached hydrogen (secondary N) is 1. The molecule has 0 unspecified atom stereocenters. The number of aryl methyl sites for hydroxylation is 1. The quantitative estimate of drug-likeness (QED) is 0.512. The fraction of sp³-hybridized carbons (Fsp3) is 0.176. The van der Waals surface area contributed by atoms with Gasteiger partial charge in [-0.05, 0) is 44.2 Å². The van der Waals surface area contributed by atoms with Crippen LogP contribution in [0.5, 0.6) is 0 Å². The van der Waals surface area contributed by atoms with Gasteiger partial charge in [0.1, 0.15) is 11.6 Å². The minimum atomic E-state index is -0.535. The molecular weight excluding hydrogens is 326 g/mol. The Labute approximate surface area is 143 Å². The zero-order chi connectivity index (χ0) is 17.5. The van der Waals surface area contributed by atoms with Crippen LogP contribution in [0.1, 0.15) is 28.0 Å². The normalized spacial score (nSPS) is 10.8. The summed E-state index contributed by atoms with van der Waals surface area (Å²) in [5.41, 5.74) is 1.39. The van der Waals surface area contributed by atoms with Crippen LogP contribution in [0, 0.1) is 18.3 Å². The highest BCUT2D eigenvalue weighted by Gasteiger charge is 2.11. The van der Waals surface area contributed by atoms with Crippen molar-refractivity contribution < 1.29 is 14.3 Å². The van der Waals surface area contributed by atoms with Crippen LogP contribution in [-0.4, -0.2) is 23.5 Å². The fourth-order valence-corrected chi connectivity index (χ4v) is 2.42.